The van der Waals surface area contributed by atoms with E-state index >= 15 is 0 Å². The van der Waals surface area contributed by atoms with Crippen molar-refractivity contribution >= 4 is 24.0 Å². The topological polar surface area (TPSA) is 82.8 Å². The van der Waals surface area contributed by atoms with Crippen LogP contribution < -0.4 is 20.5 Å². The summed E-state index contributed by atoms with van der Waals surface area (Å²) >= 11 is 0. The zero-order valence-electron chi connectivity index (χ0n) is 10.4. The lowest BCUT2D eigenvalue weighted by molar-refractivity contribution is -0.286. The molecule has 0 bridgehead atoms. The minimum absolute atomic E-state index is 0. The minimum atomic E-state index is -3.68. The van der Waals surface area contributed by atoms with E-state index in [1.54, 1.807) is 0 Å². The van der Waals surface area contributed by atoms with Gasteiger partial charge < -0.3 is 25.3 Å². The van der Waals surface area contributed by atoms with Gasteiger partial charge >= 0.3 is 6.29 Å². The van der Waals surface area contributed by atoms with Gasteiger partial charge in [0.2, 0.25) is 5.91 Å². The summed E-state index contributed by atoms with van der Waals surface area (Å²) < 4.78 is 38.8. The number of carbonyl (C=O) groups is 1. The number of rotatable bonds is 4. The van der Waals surface area contributed by atoms with Gasteiger partial charge in [-0.05, 0) is 12.1 Å². The molecule has 1 amide bonds. The predicted octanol–water partition coefficient (Wildman–Crippen LogP) is 1.34. The van der Waals surface area contributed by atoms with Gasteiger partial charge in [-0.1, -0.05) is 0 Å². The van der Waals surface area contributed by atoms with Crippen LogP contribution in [0.25, 0.3) is 0 Å². The third-order valence-corrected chi connectivity index (χ3v) is 2.35. The van der Waals surface area contributed by atoms with E-state index in [-0.39, 0.29) is 36.2 Å². The van der Waals surface area contributed by atoms with Gasteiger partial charge in [-0.2, -0.15) is 0 Å². The average Bonchev–Trinajstić information content (AvgIpc) is 2.62. The molecule has 1 unspecified atom stereocenters. The number of hydrogen-bond acceptors (Lipinski definition) is 5. The third kappa shape index (κ3) is 3.69. The van der Waals surface area contributed by atoms with Crippen LogP contribution in [0.4, 0.5) is 14.5 Å². The summed E-state index contributed by atoms with van der Waals surface area (Å²) in [5.41, 5.74) is 5.79. The fourth-order valence-electron chi connectivity index (χ4n) is 1.52. The summed E-state index contributed by atoms with van der Waals surface area (Å²) in [5, 5.41) is 2.46. The summed E-state index contributed by atoms with van der Waals surface area (Å²) in [5.74, 6) is -0.736. The first-order chi connectivity index (χ1) is 8.91. The van der Waals surface area contributed by atoms with Gasteiger partial charge in [0.15, 0.2) is 11.5 Å². The van der Waals surface area contributed by atoms with Crippen LogP contribution in [0.1, 0.15) is 0 Å². The number of benzene rings is 1. The number of ether oxygens (including phenoxy) is 3. The Morgan fingerprint density at radius 3 is 2.75 bits per heavy atom. The maximum Gasteiger partial charge on any atom is 0.586 e. The number of fused-ring (bicyclic) bond motifs is 1. The number of nitrogens with two attached hydrogens (primary N) is 1. The summed E-state index contributed by atoms with van der Waals surface area (Å²) in [4.78, 5) is 11.6. The van der Waals surface area contributed by atoms with E-state index < -0.39 is 18.2 Å². The lowest BCUT2D eigenvalue weighted by Crippen LogP contribution is -2.39. The first kappa shape index (κ1) is 16.4. The van der Waals surface area contributed by atoms with Crippen LogP contribution in [0.2, 0.25) is 0 Å². The number of carbonyl (C=O) groups excluding carboxylic acids is 1. The number of nitrogens with one attached hydrogen (secondary N) is 1. The third-order valence-electron chi connectivity index (χ3n) is 2.35. The van der Waals surface area contributed by atoms with Gasteiger partial charge in [0.25, 0.3) is 0 Å². The molecule has 0 aliphatic carbocycles. The number of alkyl halides is 2. The molecule has 0 saturated heterocycles. The molecule has 1 aliphatic heterocycles. The van der Waals surface area contributed by atoms with Crippen molar-refractivity contribution in [1.29, 1.82) is 0 Å². The fourth-order valence-corrected chi connectivity index (χ4v) is 1.52. The average molecular weight is 311 g/mol. The molecular formula is C11H13ClF2N2O4. The molecule has 20 heavy (non-hydrogen) atoms. The summed E-state index contributed by atoms with van der Waals surface area (Å²) in [6.45, 7) is 0.0501. The van der Waals surface area contributed by atoms with Gasteiger partial charge in [0.1, 0.15) is 6.04 Å². The molecule has 9 heteroatoms. The van der Waals surface area contributed by atoms with Crippen molar-refractivity contribution in [1.82, 2.24) is 0 Å². The maximum atomic E-state index is 12.8. The van der Waals surface area contributed by atoms with E-state index in [9.17, 15) is 13.6 Å². The van der Waals surface area contributed by atoms with Gasteiger partial charge in [0.05, 0.1) is 6.61 Å². The van der Waals surface area contributed by atoms with Crippen molar-refractivity contribution in [2.24, 2.45) is 5.73 Å². The number of anilines is 1. The molecule has 112 valence electrons. The first-order valence-corrected chi connectivity index (χ1v) is 5.36. The SMILES string of the molecule is COCC(N)C(=O)Nc1ccc2c(c1)OC(F)(F)O2.Cl. The summed E-state index contributed by atoms with van der Waals surface area (Å²) in [6, 6.07) is 3.06. The van der Waals surface area contributed by atoms with Crippen LogP contribution in [-0.2, 0) is 9.53 Å². The standard InChI is InChI=1S/C11H12F2N2O4.ClH/c1-17-5-7(14)10(16)15-6-2-3-8-9(4-6)19-11(12,13)18-8;/h2-4,7H,5,14H2,1H3,(H,15,16);1H. The number of hydrogen-bond donors (Lipinski definition) is 2. The van der Waals surface area contributed by atoms with E-state index in [0.717, 1.165) is 0 Å². The van der Waals surface area contributed by atoms with Crippen molar-refractivity contribution in [2.45, 2.75) is 12.3 Å². The largest absolute Gasteiger partial charge is 0.586 e. The molecule has 1 aromatic carbocycles. The lowest BCUT2D eigenvalue weighted by Gasteiger charge is -2.11. The normalized spacial score (nSPS) is 16.2. The van der Waals surface area contributed by atoms with Crippen molar-refractivity contribution in [3.63, 3.8) is 0 Å². The molecule has 1 aliphatic rings. The van der Waals surface area contributed by atoms with Gasteiger partial charge in [-0.15, -0.1) is 21.2 Å². The van der Waals surface area contributed by atoms with Gasteiger partial charge in [-0.25, -0.2) is 0 Å². The minimum Gasteiger partial charge on any atom is -0.395 e. The monoisotopic (exact) mass is 310 g/mol. The molecule has 6 nitrogen and oxygen atoms in total. The van der Waals surface area contributed by atoms with E-state index in [2.05, 4.69) is 14.8 Å². The Morgan fingerprint density at radius 1 is 1.45 bits per heavy atom. The molecular weight excluding hydrogens is 298 g/mol. The van der Waals surface area contributed by atoms with Crippen LogP contribution in [-0.4, -0.2) is 32.0 Å². The van der Waals surface area contributed by atoms with Crippen molar-refractivity contribution in [2.75, 3.05) is 19.0 Å². The summed E-state index contributed by atoms with van der Waals surface area (Å²) in [6.07, 6.45) is -3.68. The van der Waals surface area contributed by atoms with E-state index in [4.69, 9.17) is 10.5 Å². The summed E-state index contributed by atoms with van der Waals surface area (Å²) in [7, 11) is 1.41. The molecule has 3 N–H and O–H groups in total. The molecule has 0 aromatic heterocycles. The molecule has 0 radical (unpaired) electrons. The van der Waals surface area contributed by atoms with Crippen LogP contribution in [0.5, 0.6) is 11.5 Å². The Hall–Kier alpha value is -1.64. The van der Waals surface area contributed by atoms with Crippen molar-refractivity contribution in [3.05, 3.63) is 18.2 Å². The Balaban J connectivity index is 0.00000200. The first-order valence-electron chi connectivity index (χ1n) is 5.36. The predicted molar refractivity (Wildman–Crippen MR) is 68.4 cm³/mol. The second-order valence-corrected chi connectivity index (χ2v) is 3.88. The Morgan fingerprint density at radius 2 is 2.10 bits per heavy atom. The van der Waals surface area contributed by atoms with Crippen LogP contribution in [0.3, 0.4) is 0 Å². The Labute approximate surface area is 119 Å². The van der Waals surface area contributed by atoms with Crippen LogP contribution >= 0.6 is 12.4 Å². The molecule has 1 aromatic rings. The lowest BCUT2D eigenvalue weighted by atomic mass is 10.2. The number of methoxy groups -OCH3 is 1. The fraction of sp³-hybridized carbons (Fsp3) is 0.364. The molecule has 1 heterocycles. The van der Waals surface area contributed by atoms with E-state index in [1.807, 2.05) is 0 Å². The molecule has 1 atom stereocenters. The van der Waals surface area contributed by atoms with Crippen LogP contribution in [0, 0.1) is 0 Å². The quantitative estimate of drug-likeness (QED) is 0.877. The van der Waals surface area contributed by atoms with Crippen molar-refractivity contribution < 1.29 is 27.8 Å². The zero-order chi connectivity index (χ0) is 14.0. The smallest absolute Gasteiger partial charge is 0.395 e. The molecule has 2 rings (SSSR count). The van der Waals surface area contributed by atoms with E-state index in [0.29, 0.717) is 0 Å². The highest BCUT2D eigenvalue weighted by Gasteiger charge is 2.43. The Kier molecular flexibility index (Phi) is 5.09. The van der Waals surface area contributed by atoms with Gasteiger partial charge in [-0.3, -0.25) is 4.79 Å². The number of amides is 1. The highest BCUT2D eigenvalue weighted by atomic mass is 35.5. The van der Waals surface area contributed by atoms with Crippen molar-refractivity contribution in [3.8, 4) is 11.5 Å². The second kappa shape index (κ2) is 6.21. The highest BCUT2D eigenvalue weighted by Crippen LogP contribution is 2.42. The molecule has 0 spiro atoms. The van der Waals surface area contributed by atoms with Gasteiger partial charge in [0, 0.05) is 18.9 Å². The second-order valence-electron chi connectivity index (χ2n) is 3.88. The zero-order valence-corrected chi connectivity index (χ0v) is 11.2. The highest BCUT2D eigenvalue weighted by molar-refractivity contribution is 5.95. The van der Waals surface area contributed by atoms with Crippen LogP contribution in [0.15, 0.2) is 18.2 Å². The Bertz CT molecular complexity index is 501. The number of halogens is 3. The van der Waals surface area contributed by atoms with E-state index in [1.165, 1.54) is 25.3 Å². The molecule has 0 fully saturated rings. The maximum absolute atomic E-state index is 12.8. The molecule has 0 saturated carbocycles.